The highest BCUT2D eigenvalue weighted by Gasteiger charge is 2.17. The number of aromatic nitrogens is 2. The summed E-state index contributed by atoms with van der Waals surface area (Å²) in [6.45, 7) is 4.90. The Morgan fingerprint density at radius 3 is 2.70 bits per heavy atom. The number of nitrogens with zero attached hydrogens (tertiary/aromatic N) is 4. The quantitative estimate of drug-likeness (QED) is 0.467. The van der Waals surface area contributed by atoms with Gasteiger partial charge in [-0.1, -0.05) is 25.1 Å². The smallest absolute Gasteiger partial charge is 0.191 e. The summed E-state index contributed by atoms with van der Waals surface area (Å²) in [6.07, 6.45) is 6.11. The molecule has 6 heteroatoms. The predicted octanol–water partition coefficient (Wildman–Crippen LogP) is 3.04. The zero-order valence-electron chi connectivity index (χ0n) is 13.4. The molecule has 1 aromatic carbocycles. The Balaban J connectivity index is 0.00000192. The van der Waals surface area contributed by atoms with Crippen LogP contribution in [0.4, 0.5) is 0 Å². The normalized spacial score (nSPS) is 16.2. The summed E-state index contributed by atoms with van der Waals surface area (Å²) in [5.74, 6) is 1.45. The second kappa shape index (κ2) is 8.33. The average Bonchev–Trinajstić information content (AvgIpc) is 3.08. The number of halogens is 1. The number of piperidine rings is 1. The van der Waals surface area contributed by atoms with Crippen LogP contribution in [0.3, 0.4) is 0 Å². The van der Waals surface area contributed by atoms with E-state index in [9.17, 15) is 0 Å². The van der Waals surface area contributed by atoms with Crippen LogP contribution in [-0.2, 0) is 6.54 Å². The number of para-hydroxylation sites is 1. The fourth-order valence-corrected chi connectivity index (χ4v) is 2.78. The lowest BCUT2D eigenvalue weighted by molar-refractivity contribution is 0.277. The van der Waals surface area contributed by atoms with E-state index >= 15 is 0 Å². The molecule has 1 aliphatic heterocycles. The maximum atomic E-state index is 6.16. The van der Waals surface area contributed by atoms with E-state index in [4.69, 9.17) is 5.73 Å². The van der Waals surface area contributed by atoms with Gasteiger partial charge in [-0.2, -0.15) is 5.10 Å². The lowest BCUT2D eigenvalue weighted by Crippen LogP contribution is -2.42. The van der Waals surface area contributed by atoms with Crippen LogP contribution in [0.1, 0.15) is 25.3 Å². The Hall–Kier alpha value is -1.57. The van der Waals surface area contributed by atoms with Crippen molar-refractivity contribution in [1.29, 1.82) is 0 Å². The standard InChI is InChI=1S/C17H23N5.HI/c1-14-7-11-21(12-8-14)17(18)19-13-15-5-2-3-6-16(15)22-10-4-9-20-22;/h2-6,9-10,14H,7-8,11-13H2,1H3,(H2,18,19);1H. The summed E-state index contributed by atoms with van der Waals surface area (Å²) in [4.78, 5) is 6.78. The van der Waals surface area contributed by atoms with Crippen molar-refractivity contribution < 1.29 is 0 Å². The molecule has 2 heterocycles. The highest BCUT2D eigenvalue weighted by Crippen LogP contribution is 2.17. The van der Waals surface area contributed by atoms with Crippen LogP contribution in [0, 0.1) is 5.92 Å². The number of hydrogen-bond acceptors (Lipinski definition) is 2. The van der Waals surface area contributed by atoms with E-state index in [-0.39, 0.29) is 24.0 Å². The zero-order valence-corrected chi connectivity index (χ0v) is 15.8. The maximum absolute atomic E-state index is 6.16. The number of hydrogen-bond donors (Lipinski definition) is 1. The van der Waals surface area contributed by atoms with E-state index in [0.29, 0.717) is 12.5 Å². The van der Waals surface area contributed by atoms with Crippen LogP contribution in [0.5, 0.6) is 0 Å². The van der Waals surface area contributed by atoms with Crippen LogP contribution < -0.4 is 5.73 Å². The molecule has 0 radical (unpaired) electrons. The first kappa shape index (κ1) is 17.8. The first-order valence-corrected chi connectivity index (χ1v) is 7.87. The van der Waals surface area contributed by atoms with Gasteiger partial charge in [0, 0.05) is 25.5 Å². The molecular formula is C17H24IN5. The number of guanidine groups is 1. The highest BCUT2D eigenvalue weighted by molar-refractivity contribution is 14.0. The molecule has 0 atom stereocenters. The fraction of sp³-hybridized carbons (Fsp3) is 0.412. The third-order valence-electron chi connectivity index (χ3n) is 4.26. The Labute approximate surface area is 154 Å². The van der Waals surface area contributed by atoms with Gasteiger partial charge in [0.2, 0.25) is 0 Å². The monoisotopic (exact) mass is 425 g/mol. The van der Waals surface area contributed by atoms with E-state index in [1.807, 2.05) is 29.1 Å². The lowest BCUT2D eigenvalue weighted by atomic mass is 10.00. The van der Waals surface area contributed by atoms with Crippen molar-refractivity contribution in [2.45, 2.75) is 26.3 Å². The second-order valence-corrected chi connectivity index (χ2v) is 5.92. The molecule has 3 rings (SSSR count). The molecule has 1 fully saturated rings. The van der Waals surface area contributed by atoms with Gasteiger partial charge in [0.25, 0.3) is 0 Å². The molecule has 0 spiro atoms. The topological polar surface area (TPSA) is 59.4 Å². The number of aliphatic imine (C=N–C) groups is 1. The Kier molecular flexibility index (Phi) is 6.44. The molecule has 2 N–H and O–H groups in total. The molecule has 1 aromatic heterocycles. The number of benzene rings is 1. The van der Waals surface area contributed by atoms with E-state index in [1.54, 1.807) is 6.20 Å². The summed E-state index contributed by atoms with van der Waals surface area (Å²) in [5.41, 5.74) is 8.34. The lowest BCUT2D eigenvalue weighted by Gasteiger charge is -2.31. The number of rotatable bonds is 3. The molecule has 0 bridgehead atoms. The van der Waals surface area contributed by atoms with Crippen molar-refractivity contribution in [3.63, 3.8) is 0 Å². The molecule has 5 nitrogen and oxygen atoms in total. The Morgan fingerprint density at radius 1 is 1.26 bits per heavy atom. The molecule has 1 aliphatic rings. The van der Waals surface area contributed by atoms with Crippen molar-refractivity contribution >= 4 is 29.9 Å². The van der Waals surface area contributed by atoms with Gasteiger partial charge in [0.05, 0.1) is 12.2 Å². The van der Waals surface area contributed by atoms with Crippen LogP contribution in [0.2, 0.25) is 0 Å². The Bertz CT molecular complexity index is 630. The van der Waals surface area contributed by atoms with Gasteiger partial charge in [-0.15, -0.1) is 24.0 Å². The minimum absolute atomic E-state index is 0. The third-order valence-corrected chi connectivity index (χ3v) is 4.26. The van der Waals surface area contributed by atoms with Crippen molar-refractivity contribution in [3.05, 3.63) is 48.3 Å². The van der Waals surface area contributed by atoms with E-state index in [1.165, 1.54) is 12.8 Å². The predicted molar refractivity (Wildman–Crippen MR) is 104 cm³/mol. The molecule has 0 amide bonds. The molecule has 0 saturated carbocycles. The molecule has 0 aliphatic carbocycles. The van der Waals surface area contributed by atoms with Gasteiger partial charge < -0.3 is 10.6 Å². The maximum Gasteiger partial charge on any atom is 0.191 e. The fourth-order valence-electron chi connectivity index (χ4n) is 2.78. The van der Waals surface area contributed by atoms with Crippen molar-refractivity contribution in [1.82, 2.24) is 14.7 Å². The van der Waals surface area contributed by atoms with E-state index < -0.39 is 0 Å². The average molecular weight is 425 g/mol. The first-order valence-electron chi connectivity index (χ1n) is 7.87. The summed E-state index contributed by atoms with van der Waals surface area (Å²) < 4.78 is 1.86. The summed E-state index contributed by atoms with van der Waals surface area (Å²) in [6, 6.07) is 10.1. The van der Waals surface area contributed by atoms with Gasteiger partial charge in [0.1, 0.15) is 0 Å². The van der Waals surface area contributed by atoms with Crippen LogP contribution in [0.25, 0.3) is 5.69 Å². The summed E-state index contributed by atoms with van der Waals surface area (Å²) in [5, 5.41) is 4.30. The van der Waals surface area contributed by atoms with Crippen molar-refractivity contribution in [3.8, 4) is 5.69 Å². The minimum atomic E-state index is 0. The van der Waals surface area contributed by atoms with Crippen LogP contribution >= 0.6 is 24.0 Å². The third kappa shape index (κ3) is 4.46. The van der Waals surface area contributed by atoms with Gasteiger partial charge in [0.15, 0.2) is 5.96 Å². The number of likely N-dealkylation sites (tertiary alicyclic amines) is 1. The molecule has 124 valence electrons. The first-order chi connectivity index (χ1) is 10.7. The van der Waals surface area contributed by atoms with Gasteiger partial charge in [-0.05, 0) is 36.5 Å². The largest absolute Gasteiger partial charge is 0.370 e. The molecular weight excluding hydrogens is 401 g/mol. The highest BCUT2D eigenvalue weighted by atomic mass is 127. The molecule has 0 unspecified atom stereocenters. The van der Waals surface area contributed by atoms with Crippen LogP contribution in [-0.4, -0.2) is 33.7 Å². The minimum Gasteiger partial charge on any atom is -0.370 e. The number of nitrogens with two attached hydrogens (primary N) is 1. The SMILES string of the molecule is CC1CCN(C(N)=NCc2ccccc2-n2cccn2)CC1.I. The molecule has 2 aromatic rings. The Morgan fingerprint density at radius 2 is 2.00 bits per heavy atom. The van der Waals surface area contributed by atoms with E-state index in [0.717, 1.165) is 30.3 Å². The van der Waals surface area contributed by atoms with Gasteiger partial charge in [-0.25, -0.2) is 9.67 Å². The molecule has 23 heavy (non-hydrogen) atoms. The second-order valence-electron chi connectivity index (χ2n) is 5.92. The summed E-state index contributed by atoms with van der Waals surface area (Å²) in [7, 11) is 0. The van der Waals surface area contributed by atoms with Crippen LogP contribution in [0.15, 0.2) is 47.7 Å². The molecule has 1 saturated heterocycles. The van der Waals surface area contributed by atoms with Crippen molar-refractivity contribution in [2.24, 2.45) is 16.6 Å². The summed E-state index contributed by atoms with van der Waals surface area (Å²) >= 11 is 0. The zero-order chi connectivity index (χ0) is 15.4. The van der Waals surface area contributed by atoms with E-state index in [2.05, 4.69) is 34.0 Å². The van der Waals surface area contributed by atoms with Gasteiger partial charge >= 0.3 is 0 Å². The van der Waals surface area contributed by atoms with Crippen molar-refractivity contribution in [2.75, 3.05) is 13.1 Å². The van der Waals surface area contributed by atoms with Gasteiger partial charge in [-0.3, -0.25) is 0 Å².